The molecule has 0 spiro atoms. The van der Waals surface area contributed by atoms with Crippen molar-refractivity contribution in [1.29, 1.82) is 0 Å². The number of nitrogens with zero attached hydrogens (tertiary/aromatic N) is 2. The van der Waals surface area contributed by atoms with Crippen molar-refractivity contribution in [2.24, 2.45) is 17.6 Å². The van der Waals surface area contributed by atoms with E-state index >= 15 is 0 Å². The van der Waals surface area contributed by atoms with Crippen LogP contribution in [0.5, 0.6) is 0 Å². The molecule has 1 unspecified atom stereocenters. The molecule has 2 heterocycles. The summed E-state index contributed by atoms with van der Waals surface area (Å²) in [5, 5.41) is 0. The third-order valence-electron chi connectivity index (χ3n) is 4.62. The molecule has 6 heteroatoms. The summed E-state index contributed by atoms with van der Waals surface area (Å²) in [7, 11) is 0. The van der Waals surface area contributed by atoms with E-state index in [1.54, 1.807) is 19.1 Å². The minimum Gasteiger partial charge on any atom is -0.397 e. The van der Waals surface area contributed by atoms with Crippen molar-refractivity contribution in [3.8, 4) is 0 Å². The van der Waals surface area contributed by atoms with Crippen molar-refractivity contribution in [3.63, 3.8) is 0 Å². The highest BCUT2D eigenvalue weighted by Crippen LogP contribution is 2.28. The average molecular weight is 318 g/mol. The molecule has 1 aromatic rings. The number of hydrogen-bond acceptors (Lipinski definition) is 5. The second kappa shape index (κ2) is 7.55. The number of carbonyl (C=O) groups is 2. The number of rotatable bonds is 5. The van der Waals surface area contributed by atoms with Crippen molar-refractivity contribution in [3.05, 3.63) is 24.0 Å². The number of nitrogen functional groups attached to an aromatic ring is 1. The van der Waals surface area contributed by atoms with Crippen LogP contribution in [0, 0.1) is 11.8 Å². The molecule has 2 atom stereocenters. The highest BCUT2D eigenvalue weighted by Gasteiger charge is 2.28. The maximum absolute atomic E-state index is 12.3. The molecule has 1 amide bonds. The molecule has 4 N–H and O–H groups in total. The number of carbonyl (C=O) groups excluding carboxylic acids is 2. The van der Waals surface area contributed by atoms with E-state index in [1.807, 2.05) is 4.90 Å². The number of nitrogens with two attached hydrogens (primary N) is 2. The van der Waals surface area contributed by atoms with Crippen LogP contribution in [0.1, 0.15) is 43.6 Å². The van der Waals surface area contributed by atoms with Crippen LogP contribution >= 0.6 is 0 Å². The smallest absolute Gasteiger partial charge is 0.239 e. The Bertz CT molecular complexity index is 548. The van der Waals surface area contributed by atoms with Crippen molar-refractivity contribution in [1.82, 2.24) is 9.88 Å². The molecule has 1 fully saturated rings. The van der Waals surface area contributed by atoms with Crippen LogP contribution in [0.25, 0.3) is 0 Å². The van der Waals surface area contributed by atoms with Gasteiger partial charge in [-0.2, -0.15) is 0 Å². The van der Waals surface area contributed by atoms with E-state index in [2.05, 4.69) is 11.9 Å². The molecule has 1 aliphatic heterocycles. The Balaban J connectivity index is 1.85. The zero-order valence-electron chi connectivity index (χ0n) is 13.9. The number of ketones is 1. The molecule has 1 aromatic heterocycles. The van der Waals surface area contributed by atoms with Crippen molar-refractivity contribution in [2.75, 3.05) is 18.8 Å². The van der Waals surface area contributed by atoms with Crippen LogP contribution in [-0.2, 0) is 4.79 Å². The zero-order chi connectivity index (χ0) is 17.0. The maximum Gasteiger partial charge on any atom is 0.239 e. The molecule has 6 nitrogen and oxygen atoms in total. The van der Waals surface area contributed by atoms with E-state index in [-0.39, 0.29) is 17.6 Å². The number of pyridine rings is 1. The van der Waals surface area contributed by atoms with Gasteiger partial charge in [0.25, 0.3) is 0 Å². The van der Waals surface area contributed by atoms with Crippen LogP contribution in [0.2, 0.25) is 0 Å². The lowest BCUT2D eigenvalue weighted by Crippen LogP contribution is -2.46. The van der Waals surface area contributed by atoms with Gasteiger partial charge in [-0.15, -0.1) is 0 Å². The van der Waals surface area contributed by atoms with Gasteiger partial charge in [-0.1, -0.05) is 6.92 Å². The Morgan fingerprint density at radius 3 is 2.48 bits per heavy atom. The first kappa shape index (κ1) is 17.4. The SMILES string of the molecule is CC(CC(=O)c1ccc(N)cn1)C1CCN(C(=O)[C@H](C)N)CC1. The fraction of sp³-hybridized carbons (Fsp3) is 0.588. The van der Waals surface area contributed by atoms with Gasteiger partial charge in [-0.05, 0) is 43.7 Å². The van der Waals surface area contributed by atoms with Crippen molar-refractivity contribution >= 4 is 17.4 Å². The van der Waals surface area contributed by atoms with E-state index in [4.69, 9.17) is 11.5 Å². The van der Waals surface area contributed by atoms with Crippen LogP contribution in [0.4, 0.5) is 5.69 Å². The number of Topliss-reactive ketones (excluding diaryl/α,β-unsaturated/α-hetero) is 1. The van der Waals surface area contributed by atoms with E-state index in [9.17, 15) is 9.59 Å². The molecule has 23 heavy (non-hydrogen) atoms. The maximum atomic E-state index is 12.3. The molecule has 0 aromatic carbocycles. The second-order valence-corrected chi connectivity index (χ2v) is 6.53. The highest BCUT2D eigenvalue weighted by atomic mass is 16.2. The first-order valence-corrected chi connectivity index (χ1v) is 8.17. The van der Waals surface area contributed by atoms with Gasteiger partial charge < -0.3 is 16.4 Å². The van der Waals surface area contributed by atoms with Gasteiger partial charge in [0.1, 0.15) is 5.69 Å². The number of piperidine rings is 1. The van der Waals surface area contributed by atoms with Gasteiger partial charge in [0.05, 0.1) is 17.9 Å². The molecule has 1 aliphatic rings. The summed E-state index contributed by atoms with van der Waals surface area (Å²) in [6, 6.07) is 2.93. The molecule has 0 aliphatic carbocycles. The van der Waals surface area contributed by atoms with E-state index in [0.717, 1.165) is 25.9 Å². The number of amides is 1. The van der Waals surface area contributed by atoms with Gasteiger partial charge in [-0.25, -0.2) is 0 Å². The monoisotopic (exact) mass is 318 g/mol. The lowest BCUT2D eigenvalue weighted by molar-refractivity contribution is -0.133. The lowest BCUT2D eigenvalue weighted by Gasteiger charge is -2.35. The van der Waals surface area contributed by atoms with Crippen LogP contribution < -0.4 is 11.5 Å². The van der Waals surface area contributed by atoms with E-state index in [1.165, 1.54) is 6.20 Å². The molecule has 0 radical (unpaired) electrons. The summed E-state index contributed by atoms with van der Waals surface area (Å²) in [6.07, 6.45) is 3.82. The Hall–Kier alpha value is -1.95. The topological polar surface area (TPSA) is 102 Å². The molecule has 0 saturated carbocycles. The standard InChI is InChI=1S/C17H26N4O2/c1-11(9-16(22)15-4-3-14(19)10-20-15)13-5-7-21(8-6-13)17(23)12(2)18/h3-4,10-13H,5-9,18-19H2,1-2H3/t11?,12-/m0/s1. The third kappa shape index (κ3) is 4.51. The fourth-order valence-corrected chi connectivity index (χ4v) is 3.11. The van der Waals surface area contributed by atoms with Gasteiger partial charge in [0.2, 0.25) is 5.91 Å². The number of hydrogen-bond donors (Lipinski definition) is 2. The van der Waals surface area contributed by atoms with E-state index < -0.39 is 6.04 Å². The molecular weight excluding hydrogens is 292 g/mol. The molecular formula is C17H26N4O2. The van der Waals surface area contributed by atoms with E-state index in [0.29, 0.717) is 23.7 Å². The molecule has 2 rings (SSSR count). The van der Waals surface area contributed by atoms with Crippen molar-refractivity contribution in [2.45, 2.75) is 39.2 Å². The number of aromatic nitrogens is 1. The summed E-state index contributed by atoms with van der Waals surface area (Å²) in [4.78, 5) is 30.1. The normalized spacial score (nSPS) is 18.5. The minimum atomic E-state index is -0.442. The van der Waals surface area contributed by atoms with Crippen molar-refractivity contribution < 1.29 is 9.59 Å². The minimum absolute atomic E-state index is 0.0123. The predicted molar refractivity (Wildman–Crippen MR) is 89.7 cm³/mol. The Labute approximate surface area is 137 Å². The van der Waals surface area contributed by atoms with Gasteiger partial charge in [0, 0.05) is 19.5 Å². The van der Waals surface area contributed by atoms with Gasteiger partial charge >= 0.3 is 0 Å². The summed E-state index contributed by atoms with van der Waals surface area (Å²) in [6.45, 7) is 5.27. The number of anilines is 1. The molecule has 126 valence electrons. The lowest BCUT2D eigenvalue weighted by atomic mass is 9.82. The summed E-state index contributed by atoms with van der Waals surface area (Å²) < 4.78 is 0. The Kier molecular flexibility index (Phi) is 5.71. The zero-order valence-corrected chi connectivity index (χ0v) is 13.9. The third-order valence-corrected chi connectivity index (χ3v) is 4.62. The molecule has 0 bridgehead atoms. The van der Waals surface area contributed by atoms with Crippen LogP contribution in [0.3, 0.4) is 0 Å². The average Bonchev–Trinajstić information content (AvgIpc) is 2.54. The quantitative estimate of drug-likeness (QED) is 0.800. The second-order valence-electron chi connectivity index (χ2n) is 6.53. The summed E-state index contributed by atoms with van der Waals surface area (Å²) in [5.41, 5.74) is 12.3. The number of likely N-dealkylation sites (tertiary alicyclic amines) is 1. The Morgan fingerprint density at radius 1 is 1.30 bits per heavy atom. The van der Waals surface area contributed by atoms with Gasteiger partial charge in [0.15, 0.2) is 5.78 Å². The first-order chi connectivity index (χ1) is 10.9. The van der Waals surface area contributed by atoms with Crippen LogP contribution in [0.15, 0.2) is 18.3 Å². The Morgan fingerprint density at radius 2 is 1.96 bits per heavy atom. The highest BCUT2D eigenvalue weighted by molar-refractivity contribution is 5.94. The fourth-order valence-electron chi connectivity index (χ4n) is 3.11. The van der Waals surface area contributed by atoms with Gasteiger partial charge in [-0.3, -0.25) is 14.6 Å². The predicted octanol–water partition coefficient (Wildman–Crippen LogP) is 1.46. The summed E-state index contributed by atoms with van der Waals surface area (Å²) in [5.74, 6) is 0.782. The van der Waals surface area contributed by atoms with Crippen LogP contribution in [-0.4, -0.2) is 40.7 Å². The first-order valence-electron chi connectivity index (χ1n) is 8.17. The largest absolute Gasteiger partial charge is 0.397 e. The molecule has 1 saturated heterocycles. The summed E-state index contributed by atoms with van der Waals surface area (Å²) >= 11 is 0.